The summed E-state index contributed by atoms with van der Waals surface area (Å²) < 4.78 is 6.27. The molecule has 0 aromatic heterocycles. The third kappa shape index (κ3) is 2.89. The molecule has 2 N–H and O–H groups in total. The van der Waals surface area contributed by atoms with E-state index in [9.17, 15) is 9.59 Å². The Morgan fingerprint density at radius 1 is 1.48 bits per heavy atom. The Morgan fingerprint density at radius 3 is 3.00 bits per heavy atom. The Balaban J connectivity index is 1.79. The second kappa shape index (κ2) is 5.65. The van der Waals surface area contributed by atoms with Crippen molar-refractivity contribution in [2.45, 2.75) is 12.5 Å². The number of amides is 2. The first kappa shape index (κ1) is 14.3. The summed E-state index contributed by atoms with van der Waals surface area (Å²) in [6.07, 6.45) is 0.812. The summed E-state index contributed by atoms with van der Waals surface area (Å²) in [4.78, 5) is 27.6. The highest BCUT2D eigenvalue weighted by atomic mass is 79.9. The molecule has 3 rings (SSSR count). The second-order valence-corrected chi connectivity index (χ2v) is 6.18. The minimum atomic E-state index is -0.207. The van der Waals surface area contributed by atoms with E-state index in [1.165, 1.54) is 4.90 Å². The molecule has 7 heteroatoms. The van der Waals surface area contributed by atoms with Crippen molar-refractivity contribution in [3.05, 3.63) is 22.7 Å². The van der Waals surface area contributed by atoms with Gasteiger partial charge in [-0.15, -0.1) is 0 Å². The van der Waals surface area contributed by atoms with Gasteiger partial charge in [0.2, 0.25) is 5.91 Å². The molecule has 0 saturated carbocycles. The normalized spacial score (nSPS) is 21.2. The fraction of sp³-hybridized carbons (Fsp3) is 0.429. The van der Waals surface area contributed by atoms with Gasteiger partial charge in [0.15, 0.2) is 6.61 Å². The van der Waals surface area contributed by atoms with Gasteiger partial charge in [0.1, 0.15) is 12.3 Å². The fourth-order valence-corrected chi connectivity index (χ4v) is 2.94. The van der Waals surface area contributed by atoms with Gasteiger partial charge >= 0.3 is 0 Å². The molecule has 1 aromatic rings. The number of carbonyl (C=O) groups is 2. The molecule has 0 radical (unpaired) electrons. The summed E-state index contributed by atoms with van der Waals surface area (Å²) in [5, 5.41) is 0. The van der Waals surface area contributed by atoms with Gasteiger partial charge in [0.25, 0.3) is 5.91 Å². The van der Waals surface area contributed by atoms with Crippen molar-refractivity contribution in [3.63, 3.8) is 0 Å². The smallest absolute Gasteiger partial charge is 0.265 e. The number of halogens is 1. The van der Waals surface area contributed by atoms with Gasteiger partial charge in [-0.3, -0.25) is 14.5 Å². The zero-order valence-electron chi connectivity index (χ0n) is 11.4. The Labute approximate surface area is 131 Å². The van der Waals surface area contributed by atoms with Crippen molar-refractivity contribution in [1.82, 2.24) is 4.90 Å². The van der Waals surface area contributed by atoms with Gasteiger partial charge in [0, 0.05) is 23.6 Å². The molecule has 1 fully saturated rings. The third-order valence-electron chi connectivity index (χ3n) is 3.74. The van der Waals surface area contributed by atoms with E-state index in [0.29, 0.717) is 24.5 Å². The number of anilines is 1. The lowest BCUT2D eigenvalue weighted by Crippen LogP contribution is -2.46. The van der Waals surface area contributed by atoms with Crippen molar-refractivity contribution in [2.75, 3.05) is 31.1 Å². The Kier molecular flexibility index (Phi) is 3.86. The predicted octanol–water partition coefficient (Wildman–Crippen LogP) is 0.734. The molecule has 0 aliphatic carbocycles. The van der Waals surface area contributed by atoms with Crippen LogP contribution in [0.4, 0.5) is 5.69 Å². The summed E-state index contributed by atoms with van der Waals surface area (Å²) in [6, 6.07) is 5.44. The molecule has 0 spiro atoms. The van der Waals surface area contributed by atoms with Crippen LogP contribution in [0.2, 0.25) is 0 Å². The lowest BCUT2D eigenvalue weighted by atomic mass is 10.2. The van der Waals surface area contributed by atoms with E-state index in [1.54, 1.807) is 17.0 Å². The van der Waals surface area contributed by atoms with Gasteiger partial charge in [-0.05, 0) is 24.6 Å². The first-order chi connectivity index (χ1) is 10.0. The van der Waals surface area contributed by atoms with Gasteiger partial charge in [-0.25, -0.2) is 0 Å². The second-order valence-electron chi connectivity index (χ2n) is 5.27. The molecule has 0 unspecified atom stereocenters. The molecule has 1 saturated heterocycles. The van der Waals surface area contributed by atoms with Crippen molar-refractivity contribution < 1.29 is 14.3 Å². The van der Waals surface area contributed by atoms with Crippen LogP contribution in [0.5, 0.6) is 5.75 Å². The Morgan fingerprint density at radius 2 is 2.29 bits per heavy atom. The first-order valence-corrected chi connectivity index (χ1v) is 7.60. The maximum atomic E-state index is 12.3. The molecule has 2 aliphatic rings. The number of likely N-dealkylation sites (tertiary alicyclic amines) is 1. The molecule has 2 heterocycles. The summed E-state index contributed by atoms with van der Waals surface area (Å²) in [7, 11) is 0. The van der Waals surface area contributed by atoms with Crippen molar-refractivity contribution >= 4 is 33.4 Å². The van der Waals surface area contributed by atoms with Crippen LogP contribution in [0, 0.1) is 0 Å². The van der Waals surface area contributed by atoms with E-state index in [1.807, 2.05) is 6.07 Å². The Bertz CT molecular complexity index is 593. The van der Waals surface area contributed by atoms with E-state index in [-0.39, 0.29) is 31.0 Å². The van der Waals surface area contributed by atoms with E-state index < -0.39 is 0 Å². The highest BCUT2D eigenvalue weighted by Crippen LogP contribution is 2.34. The number of fused-ring (bicyclic) bond motifs is 1. The average molecular weight is 354 g/mol. The van der Waals surface area contributed by atoms with Crippen molar-refractivity contribution in [3.8, 4) is 5.75 Å². The Hall–Kier alpha value is -1.60. The third-order valence-corrected chi connectivity index (χ3v) is 4.23. The van der Waals surface area contributed by atoms with Gasteiger partial charge in [-0.2, -0.15) is 0 Å². The molecule has 1 aromatic carbocycles. The maximum Gasteiger partial charge on any atom is 0.265 e. The topological polar surface area (TPSA) is 75.9 Å². The average Bonchev–Trinajstić information content (AvgIpc) is 2.88. The summed E-state index contributed by atoms with van der Waals surface area (Å²) in [5.41, 5.74) is 6.45. The van der Waals surface area contributed by atoms with Crippen LogP contribution in [0.25, 0.3) is 0 Å². The molecule has 2 aliphatic heterocycles. The monoisotopic (exact) mass is 353 g/mol. The number of hydrogen-bond donors (Lipinski definition) is 1. The zero-order chi connectivity index (χ0) is 15.0. The fourth-order valence-electron chi connectivity index (χ4n) is 2.60. The van der Waals surface area contributed by atoms with Crippen LogP contribution in [0.1, 0.15) is 6.42 Å². The summed E-state index contributed by atoms with van der Waals surface area (Å²) >= 11 is 3.36. The van der Waals surface area contributed by atoms with E-state index in [0.717, 1.165) is 10.9 Å². The summed E-state index contributed by atoms with van der Waals surface area (Å²) in [6.45, 7) is 1.20. The quantitative estimate of drug-likeness (QED) is 0.850. The lowest BCUT2D eigenvalue weighted by Gasteiger charge is -2.30. The molecule has 21 heavy (non-hydrogen) atoms. The molecular formula is C14H16BrN3O3. The molecule has 2 amide bonds. The standard InChI is InChI=1S/C14H16BrN3O3/c15-9-1-2-11-12(5-9)21-8-14(20)18(11)7-13(19)17-4-3-10(16)6-17/h1-2,5,10H,3-4,6-8,16H2/t10-/m1/s1. The molecule has 112 valence electrons. The van der Waals surface area contributed by atoms with Crippen LogP contribution in [-0.2, 0) is 9.59 Å². The highest BCUT2D eigenvalue weighted by molar-refractivity contribution is 9.10. The predicted molar refractivity (Wildman–Crippen MR) is 81.2 cm³/mol. The number of carbonyl (C=O) groups excluding carboxylic acids is 2. The lowest BCUT2D eigenvalue weighted by molar-refractivity contribution is -0.131. The highest BCUT2D eigenvalue weighted by Gasteiger charge is 2.31. The van der Waals surface area contributed by atoms with Crippen LogP contribution < -0.4 is 15.4 Å². The number of hydrogen-bond acceptors (Lipinski definition) is 4. The number of benzene rings is 1. The van der Waals surface area contributed by atoms with Gasteiger partial charge in [0.05, 0.1) is 5.69 Å². The van der Waals surface area contributed by atoms with E-state index in [2.05, 4.69) is 15.9 Å². The first-order valence-electron chi connectivity index (χ1n) is 6.80. The number of nitrogens with two attached hydrogens (primary N) is 1. The largest absolute Gasteiger partial charge is 0.482 e. The molecule has 6 nitrogen and oxygen atoms in total. The van der Waals surface area contributed by atoms with Crippen LogP contribution in [-0.4, -0.2) is 49.0 Å². The van der Waals surface area contributed by atoms with E-state index in [4.69, 9.17) is 10.5 Å². The van der Waals surface area contributed by atoms with Crippen LogP contribution >= 0.6 is 15.9 Å². The minimum Gasteiger partial charge on any atom is -0.482 e. The number of nitrogens with zero attached hydrogens (tertiary/aromatic N) is 2. The molecular weight excluding hydrogens is 338 g/mol. The maximum absolute atomic E-state index is 12.3. The zero-order valence-corrected chi connectivity index (χ0v) is 13.0. The van der Waals surface area contributed by atoms with E-state index >= 15 is 0 Å². The van der Waals surface area contributed by atoms with Crippen molar-refractivity contribution in [2.24, 2.45) is 5.73 Å². The molecule has 0 bridgehead atoms. The van der Waals surface area contributed by atoms with Gasteiger partial charge in [-0.1, -0.05) is 15.9 Å². The van der Waals surface area contributed by atoms with Crippen LogP contribution in [0.15, 0.2) is 22.7 Å². The SMILES string of the molecule is N[C@@H]1CCN(C(=O)CN2C(=O)COc3cc(Br)ccc32)C1. The summed E-state index contributed by atoms with van der Waals surface area (Å²) in [5.74, 6) is 0.323. The van der Waals surface area contributed by atoms with Crippen molar-refractivity contribution in [1.29, 1.82) is 0 Å². The molecule has 1 atom stereocenters. The van der Waals surface area contributed by atoms with Gasteiger partial charge < -0.3 is 15.4 Å². The number of rotatable bonds is 2. The number of ether oxygens (including phenoxy) is 1. The minimum absolute atomic E-state index is 0.0313. The van der Waals surface area contributed by atoms with Crippen LogP contribution in [0.3, 0.4) is 0 Å².